The fourth-order valence-corrected chi connectivity index (χ4v) is 2.38. The van der Waals surface area contributed by atoms with Gasteiger partial charge in [0.15, 0.2) is 5.82 Å². The number of aromatic nitrogens is 3. The van der Waals surface area contributed by atoms with E-state index in [1.807, 2.05) is 20.9 Å². The molecule has 17 heavy (non-hydrogen) atoms. The second-order valence-corrected chi connectivity index (χ2v) is 5.26. The van der Waals surface area contributed by atoms with E-state index < -0.39 is 0 Å². The van der Waals surface area contributed by atoms with Gasteiger partial charge in [0.2, 0.25) is 0 Å². The fourth-order valence-electron chi connectivity index (χ4n) is 1.53. The van der Waals surface area contributed by atoms with E-state index in [0.29, 0.717) is 11.9 Å². The zero-order valence-corrected chi connectivity index (χ0v) is 11.3. The van der Waals surface area contributed by atoms with Gasteiger partial charge in [-0.25, -0.2) is 4.98 Å². The maximum atomic E-state index is 5.27. The first-order valence-electron chi connectivity index (χ1n) is 5.54. The molecule has 5 nitrogen and oxygen atoms in total. The number of thiazole rings is 1. The van der Waals surface area contributed by atoms with E-state index in [1.165, 1.54) is 0 Å². The van der Waals surface area contributed by atoms with Crippen LogP contribution in [0.2, 0.25) is 0 Å². The Balaban J connectivity index is 2.21. The van der Waals surface area contributed by atoms with E-state index in [2.05, 4.69) is 27.4 Å². The highest BCUT2D eigenvalue weighted by Gasteiger charge is 2.15. The van der Waals surface area contributed by atoms with Crippen molar-refractivity contribution in [3.8, 4) is 10.8 Å². The van der Waals surface area contributed by atoms with Crippen molar-refractivity contribution in [1.82, 2.24) is 20.4 Å². The lowest BCUT2D eigenvalue weighted by molar-refractivity contribution is 0.418. The van der Waals surface area contributed by atoms with Crippen molar-refractivity contribution in [2.45, 2.75) is 33.2 Å². The molecule has 92 valence electrons. The van der Waals surface area contributed by atoms with Gasteiger partial charge >= 0.3 is 0 Å². The van der Waals surface area contributed by atoms with Crippen LogP contribution < -0.4 is 5.32 Å². The lowest BCUT2D eigenvalue weighted by Crippen LogP contribution is -2.24. The Labute approximate surface area is 104 Å². The number of hydrogen-bond donors (Lipinski definition) is 1. The molecule has 0 spiro atoms. The largest absolute Gasteiger partial charge is 0.333 e. The summed E-state index contributed by atoms with van der Waals surface area (Å²) in [6.07, 6.45) is 0.761. The molecule has 0 fully saturated rings. The third-order valence-electron chi connectivity index (χ3n) is 2.55. The first-order valence-corrected chi connectivity index (χ1v) is 6.36. The molecule has 0 aromatic carbocycles. The van der Waals surface area contributed by atoms with Gasteiger partial charge in [0.25, 0.3) is 5.89 Å². The van der Waals surface area contributed by atoms with Crippen molar-refractivity contribution in [3.05, 3.63) is 16.5 Å². The van der Waals surface area contributed by atoms with E-state index >= 15 is 0 Å². The normalized spacial score (nSPS) is 12.9. The molecule has 0 aliphatic heterocycles. The predicted molar refractivity (Wildman–Crippen MR) is 67.1 cm³/mol. The number of likely N-dealkylation sites (N-methyl/N-ethyl adjacent to an activating group) is 1. The van der Waals surface area contributed by atoms with Crippen LogP contribution in [-0.4, -0.2) is 28.2 Å². The highest BCUT2D eigenvalue weighted by molar-refractivity contribution is 7.15. The van der Waals surface area contributed by atoms with Gasteiger partial charge in [-0.15, -0.1) is 11.3 Å². The second kappa shape index (κ2) is 4.93. The molecule has 1 unspecified atom stereocenters. The Kier molecular flexibility index (Phi) is 3.54. The molecule has 0 saturated heterocycles. The summed E-state index contributed by atoms with van der Waals surface area (Å²) in [6, 6.07) is 0.338. The summed E-state index contributed by atoms with van der Waals surface area (Å²) in [5, 5.41) is 8.14. The van der Waals surface area contributed by atoms with Crippen LogP contribution in [0.3, 0.4) is 0 Å². The Morgan fingerprint density at radius 3 is 2.71 bits per heavy atom. The van der Waals surface area contributed by atoms with Crippen molar-refractivity contribution in [3.63, 3.8) is 0 Å². The van der Waals surface area contributed by atoms with Crippen LogP contribution in [0.25, 0.3) is 10.8 Å². The number of hydrogen-bond acceptors (Lipinski definition) is 6. The lowest BCUT2D eigenvalue weighted by Gasteiger charge is -2.04. The van der Waals surface area contributed by atoms with Crippen molar-refractivity contribution in [1.29, 1.82) is 0 Å². The minimum Gasteiger partial charge on any atom is -0.333 e. The minimum atomic E-state index is 0.338. The monoisotopic (exact) mass is 252 g/mol. The Bertz CT molecular complexity index is 505. The van der Waals surface area contributed by atoms with Gasteiger partial charge in [-0.2, -0.15) is 4.98 Å². The molecule has 2 rings (SSSR count). The molecule has 0 bridgehead atoms. The molecular formula is C11H16N4OS. The summed E-state index contributed by atoms with van der Waals surface area (Å²) < 4.78 is 5.27. The highest BCUT2D eigenvalue weighted by atomic mass is 32.1. The molecule has 2 aromatic rings. The van der Waals surface area contributed by atoms with E-state index in [0.717, 1.165) is 27.8 Å². The quantitative estimate of drug-likeness (QED) is 0.901. The van der Waals surface area contributed by atoms with Crippen molar-refractivity contribution in [2.75, 3.05) is 7.05 Å². The Morgan fingerprint density at radius 2 is 2.12 bits per heavy atom. The van der Waals surface area contributed by atoms with Crippen LogP contribution in [-0.2, 0) is 6.42 Å². The molecule has 6 heteroatoms. The van der Waals surface area contributed by atoms with Crippen LogP contribution in [0, 0.1) is 13.8 Å². The maximum Gasteiger partial charge on any atom is 0.269 e. The fraction of sp³-hybridized carbons (Fsp3) is 0.545. The summed E-state index contributed by atoms with van der Waals surface area (Å²) >= 11 is 1.58. The first kappa shape index (κ1) is 12.2. The average molecular weight is 252 g/mol. The molecule has 0 radical (unpaired) electrons. The smallest absolute Gasteiger partial charge is 0.269 e. The molecule has 0 amide bonds. The van der Waals surface area contributed by atoms with Gasteiger partial charge in [0.05, 0.1) is 10.7 Å². The molecule has 0 saturated carbocycles. The lowest BCUT2D eigenvalue weighted by atomic mass is 10.2. The predicted octanol–water partition coefficient (Wildman–Crippen LogP) is 1.96. The standard InChI is InChI=1S/C11H16N4OS/c1-6(12-4)5-9-14-11(16-15-9)10-7(2)13-8(3)17-10/h6,12H,5H2,1-4H3. The van der Waals surface area contributed by atoms with Crippen LogP contribution in [0.4, 0.5) is 0 Å². The summed E-state index contributed by atoms with van der Waals surface area (Å²) in [4.78, 5) is 9.72. The van der Waals surface area contributed by atoms with Crippen molar-refractivity contribution < 1.29 is 4.52 Å². The molecule has 0 aliphatic rings. The molecule has 0 aliphatic carbocycles. The Morgan fingerprint density at radius 1 is 1.35 bits per heavy atom. The number of nitrogens with one attached hydrogen (secondary N) is 1. The topological polar surface area (TPSA) is 63.8 Å². The third kappa shape index (κ3) is 2.70. The summed E-state index contributed by atoms with van der Waals surface area (Å²) in [6.45, 7) is 6.01. The van der Waals surface area contributed by atoms with Gasteiger partial charge in [-0.1, -0.05) is 5.16 Å². The van der Waals surface area contributed by atoms with Crippen LogP contribution in [0.15, 0.2) is 4.52 Å². The Hall–Kier alpha value is -1.27. The average Bonchev–Trinajstić information content (AvgIpc) is 2.85. The van der Waals surface area contributed by atoms with Gasteiger partial charge in [0, 0.05) is 12.5 Å². The van der Waals surface area contributed by atoms with Crippen molar-refractivity contribution >= 4 is 11.3 Å². The summed E-state index contributed by atoms with van der Waals surface area (Å²) in [5.74, 6) is 1.30. The van der Waals surface area contributed by atoms with E-state index in [9.17, 15) is 0 Å². The maximum absolute atomic E-state index is 5.27. The minimum absolute atomic E-state index is 0.338. The van der Waals surface area contributed by atoms with Crippen LogP contribution in [0.1, 0.15) is 23.4 Å². The van der Waals surface area contributed by atoms with Gasteiger partial charge in [-0.05, 0) is 27.8 Å². The molecule has 2 aromatic heterocycles. The number of aryl methyl sites for hydroxylation is 2. The van der Waals surface area contributed by atoms with Gasteiger partial charge in [0.1, 0.15) is 4.88 Å². The van der Waals surface area contributed by atoms with Gasteiger partial charge < -0.3 is 9.84 Å². The van der Waals surface area contributed by atoms with Gasteiger partial charge in [-0.3, -0.25) is 0 Å². The third-order valence-corrected chi connectivity index (χ3v) is 3.61. The second-order valence-electron chi connectivity index (χ2n) is 4.06. The number of nitrogens with zero attached hydrogens (tertiary/aromatic N) is 3. The molecule has 1 atom stereocenters. The molecular weight excluding hydrogens is 236 g/mol. The molecule has 2 heterocycles. The summed E-state index contributed by atoms with van der Waals surface area (Å²) in [7, 11) is 1.92. The van der Waals surface area contributed by atoms with E-state index in [4.69, 9.17) is 4.52 Å². The summed E-state index contributed by atoms with van der Waals surface area (Å²) in [5.41, 5.74) is 0.948. The van der Waals surface area contributed by atoms with Crippen molar-refractivity contribution in [2.24, 2.45) is 0 Å². The SMILES string of the molecule is CNC(C)Cc1noc(-c2sc(C)nc2C)n1. The number of rotatable bonds is 4. The zero-order chi connectivity index (χ0) is 12.4. The first-order chi connectivity index (χ1) is 8.10. The molecule has 1 N–H and O–H groups in total. The van der Waals surface area contributed by atoms with Crippen LogP contribution >= 0.6 is 11.3 Å². The van der Waals surface area contributed by atoms with E-state index in [-0.39, 0.29) is 0 Å². The van der Waals surface area contributed by atoms with Crippen LogP contribution in [0.5, 0.6) is 0 Å². The highest BCUT2D eigenvalue weighted by Crippen LogP contribution is 2.28. The zero-order valence-electron chi connectivity index (χ0n) is 10.4. The van der Waals surface area contributed by atoms with E-state index in [1.54, 1.807) is 11.3 Å².